The smallest absolute Gasteiger partial charge is 0.387 e. The molecule has 0 rings (SSSR count). The van der Waals surface area contributed by atoms with Gasteiger partial charge in [0.1, 0.15) is 13.2 Å². The first-order valence-corrected chi connectivity index (χ1v) is 18.2. The molecule has 42 heavy (non-hydrogen) atoms. The summed E-state index contributed by atoms with van der Waals surface area (Å²) in [5.74, 6) is -0.197. The van der Waals surface area contributed by atoms with E-state index in [1.807, 2.05) is 27.2 Å². The third kappa shape index (κ3) is 27.8. The van der Waals surface area contributed by atoms with Crippen molar-refractivity contribution in [3.8, 4) is 0 Å². The number of allylic oxidation sites excluding steroid dienone is 3. The number of phosphoric ester groups is 1. The number of phosphoric acid groups is 1. The molecule has 0 aromatic carbocycles. The molecule has 0 aliphatic heterocycles. The van der Waals surface area contributed by atoms with Gasteiger partial charge in [0.15, 0.2) is 0 Å². The van der Waals surface area contributed by atoms with Crippen LogP contribution in [-0.4, -0.2) is 73.4 Å². The molecule has 3 atom stereocenters. The molecule has 3 unspecified atom stereocenters. The van der Waals surface area contributed by atoms with Crippen molar-refractivity contribution in [2.45, 2.75) is 142 Å². The summed E-state index contributed by atoms with van der Waals surface area (Å²) < 4.78 is 23.3. The van der Waals surface area contributed by atoms with Crippen molar-refractivity contribution in [3.63, 3.8) is 0 Å². The molecule has 0 aromatic rings. The Kier molecular flexibility index (Phi) is 25.7. The fourth-order valence-electron chi connectivity index (χ4n) is 4.37. The third-order valence-corrected chi connectivity index (χ3v) is 8.15. The predicted molar refractivity (Wildman–Crippen MR) is 175 cm³/mol. The second-order valence-corrected chi connectivity index (χ2v) is 14.0. The average molecular weight is 618 g/mol. The highest BCUT2D eigenvalue weighted by Gasteiger charge is 2.27. The quantitative estimate of drug-likeness (QED) is 0.0342. The fourth-order valence-corrected chi connectivity index (χ4v) is 5.11. The Labute approximate surface area is 258 Å². The van der Waals surface area contributed by atoms with Crippen molar-refractivity contribution in [2.24, 2.45) is 0 Å². The molecule has 0 aromatic heterocycles. The standard InChI is InChI=1S/C33H65N2O6P/c1-6-8-10-12-14-16-18-20-22-24-26-32(36)31(30-41-42(38,39)40-29-28-35(3,4)5)34-33(37)27-25-23-21-19-17-15-13-11-9-7-2/h13,15,24,26,31-32,36H,6-12,14,16-23,25,27-30H2,1-5H3,(H-,34,37,38,39)/p+1/b15-13-,26-24+. The van der Waals surface area contributed by atoms with Gasteiger partial charge in [-0.3, -0.25) is 13.8 Å². The number of hydrogen-bond donors (Lipinski definition) is 3. The van der Waals surface area contributed by atoms with Crippen LogP contribution in [0, 0.1) is 0 Å². The van der Waals surface area contributed by atoms with E-state index < -0.39 is 20.0 Å². The van der Waals surface area contributed by atoms with Gasteiger partial charge in [0.2, 0.25) is 5.91 Å². The molecule has 0 aliphatic rings. The van der Waals surface area contributed by atoms with E-state index in [4.69, 9.17) is 9.05 Å². The Bertz CT molecular complexity index is 753. The highest BCUT2D eigenvalue weighted by Crippen LogP contribution is 2.43. The topological polar surface area (TPSA) is 105 Å². The van der Waals surface area contributed by atoms with Gasteiger partial charge in [-0.15, -0.1) is 0 Å². The second kappa shape index (κ2) is 26.4. The number of aliphatic hydroxyl groups excluding tert-OH is 1. The molecule has 0 saturated heterocycles. The molecule has 248 valence electrons. The Morgan fingerprint density at radius 1 is 0.786 bits per heavy atom. The lowest BCUT2D eigenvalue weighted by Crippen LogP contribution is -2.45. The zero-order chi connectivity index (χ0) is 31.5. The number of quaternary nitrogens is 1. The van der Waals surface area contributed by atoms with Crippen molar-refractivity contribution >= 4 is 13.7 Å². The molecule has 0 radical (unpaired) electrons. The van der Waals surface area contributed by atoms with Gasteiger partial charge in [-0.2, -0.15) is 0 Å². The van der Waals surface area contributed by atoms with E-state index in [9.17, 15) is 19.4 Å². The van der Waals surface area contributed by atoms with Crippen LogP contribution in [0.5, 0.6) is 0 Å². The van der Waals surface area contributed by atoms with Crippen LogP contribution < -0.4 is 5.32 Å². The van der Waals surface area contributed by atoms with Crippen molar-refractivity contribution in [3.05, 3.63) is 24.3 Å². The predicted octanol–water partition coefficient (Wildman–Crippen LogP) is 7.85. The summed E-state index contributed by atoms with van der Waals surface area (Å²) in [4.78, 5) is 22.8. The monoisotopic (exact) mass is 617 g/mol. The summed E-state index contributed by atoms with van der Waals surface area (Å²) >= 11 is 0. The van der Waals surface area contributed by atoms with Crippen LogP contribution in [0.15, 0.2) is 24.3 Å². The summed E-state index contributed by atoms with van der Waals surface area (Å²) in [5.41, 5.74) is 0. The maximum Gasteiger partial charge on any atom is 0.472 e. The van der Waals surface area contributed by atoms with Crippen LogP contribution in [0.25, 0.3) is 0 Å². The van der Waals surface area contributed by atoms with Gasteiger partial charge in [-0.1, -0.05) is 109 Å². The van der Waals surface area contributed by atoms with E-state index in [0.717, 1.165) is 57.8 Å². The van der Waals surface area contributed by atoms with Gasteiger partial charge in [0.05, 0.1) is 39.9 Å². The molecule has 1 amide bonds. The first kappa shape index (κ1) is 41.0. The normalized spacial score (nSPS) is 15.3. The van der Waals surface area contributed by atoms with Gasteiger partial charge in [0, 0.05) is 6.42 Å². The minimum atomic E-state index is -4.32. The fraction of sp³-hybridized carbons (Fsp3) is 0.848. The zero-order valence-electron chi connectivity index (χ0n) is 27.7. The van der Waals surface area contributed by atoms with Gasteiger partial charge in [-0.25, -0.2) is 4.57 Å². The number of rotatable bonds is 29. The largest absolute Gasteiger partial charge is 0.472 e. The number of carbonyl (C=O) groups excluding carboxylic acids is 1. The van der Waals surface area contributed by atoms with Gasteiger partial charge < -0.3 is 19.8 Å². The Morgan fingerprint density at radius 2 is 1.31 bits per heavy atom. The number of carbonyl (C=O) groups is 1. The number of amides is 1. The van der Waals surface area contributed by atoms with E-state index in [1.54, 1.807) is 6.08 Å². The number of nitrogens with zero attached hydrogens (tertiary/aromatic N) is 1. The van der Waals surface area contributed by atoms with Gasteiger partial charge >= 0.3 is 7.82 Å². The van der Waals surface area contributed by atoms with E-state index >= 15 is 0 Å². The molecule has 0 aliphatic carbocycles. The lowest BCUT2D eigenvalue weighted by molar-refractivity contribution is -0.870. The molecule has 0 fully saturated rings. The van der Waals surface area contributed by atoms with Gasteiger partial charge in [-0.05, 0) is 38.5 Å². The second-order valence-electron chi connectivity index (χ2n) is 12.5. The highest BCUT2D eigenvalue weighted by molar-refractivity contribution is 7.47. The maximum absolute atomic E-state index is 12.7. The first-order chi connectivity index (χ1) is 20.0. The third-order valence-electron chi connectivity index (χ3n) is 7.17. The first-order valence-electron chi connectivity index (χ1n) is 16.7. The Morgan fingerprint density at radius 3 is 1.90 bits per heavy atom. The molecule has 0 saturated carbocycles. The number of unbranched alkanes of at least 4 members (excludes halogenated alkanes) is 14. The summed E-state index contributed by atoms with van der Waals surface area (Å²) in [5, 5.41) is 13.6. The highest BCUT2D eigenvalue weighted by atomic mass is 31.2. The minimum Gasteiger partial charge on any atom is -0.387 e. The Balaban J connectivity index is 4.67. The van der Waals surface area contributed by atoms with Crippen LogP contribution in [-0.2, 0) is 18.4 Å². The molecular weight excluding hydrogens is 551 g/mol. The van der Waals surface area contributed by atoms with Crippen molar-refractivity contribution in [2.75, 3.05) is 40.9 Å². The molecule has 3 N–H and O–H groups in total. The number of aliphatic hydroxyl groups is 1. The van der Waals surface area contributed by atoms with Crippen LogP contribution in [0.2, 0.25) is 0 Å². The number of nitrogens with one attached hydrogen (secondary N) is 1. The van der Waals surface area contributed by atoms with Crippen molar-refractivity contribution in [1.82, 2.24) is 5.32 Å². The molecule has 0 bridgehead atoms. The number of likely N-dealkylation sites (N-methyl/N-ethyl adjacent to an activating group) is 1. The van der Waals surface area contributed by atoms with Crippen LogP contribution >= 0.6 is 7.82 Å². The summed E-state index contributed by atoms with van der Waals surface area (Å²) in [6, 6.07) is -0.844. The molecular formula is C33H66N2O6P+. The van der Waals surface area contributed by atoms with E-state index in [2.05, 4.69) is 31.3 Å². The van der Waals surface area contributed by atoms with Crippen molar-refractivity contribution in [1.29, 1.82) is 0 Å². The van der Waals surface area contributed by atoms with E-state index in [1.165, 1.54) is 51.4 Å². The molecule has 0 heterocycles. The zero-order valence-corrected chi connectivity index (χ0v) is 28.6. The van der Waals surface area contributed by atoms with Gasteiger partial charge in [0.25, 0.3) is 0 Å². The van der Waals surface area contributed by atoms with Crippen LogP contribution in [0.4, 0.5) is 0 Å². The summed E-state index contributed by atoms with van der Waals surface area (Å²) in [6.07, 6.45) is 26.7. The summed E-state index contributed by atoms with van der Waals surface area (Å²) in [7, 11) is 1.56. The van der Waals surface area contributed by atoms with Crippen LogP contribution in [0.3, 0.4) is 0 Å². The Hall–Kier alpha value is -1.02. The summed E-state index contributed by atoms with van der Waals surface area (Å²) in [6.45, 7) is 4.70. The molecule has 9 heteroatoms. The lowest BCUT2D eigenvalue weighted by Gasteiger charge is -2.25. The van der Waals surface area contributed by atoms with Crippen LogP contribution in [0.1, 0.15) is 129 Å². The maximum atomic E-state index is 12.7. The van der Waals surface area contributed by atoms with Crippen molar-refractivity contribution < 1.29 is 32.9 Å². The van der Waals surface area contributed by atoms with E-state index in [0.29, 0.717) is 17.4 Å². The SMILES string of the molecule is CCCC/C=C\CCCCCCC(=O)NC(COP(=O)(O)OCC[N+](C)(C)C)C(O)/C=C/CCCCCCCCCC. The lowest BCUT2D eigenvalue weighted by atomic mass is 10.1. The van der Waals surface area contributed by atoms with E-state index in [-0.39, 0.29) is 19.1 Å². The molecule has 8 nitrogen and oxygen atoms in total. The minimum absolute atomic E-state index is 0.0594. The average Bonchev–Trinajstić information content (AvgIpc) is 2.92. The molecule has 0 spiro atoms. The number of hydrogen-bond acceptors (Lipinski definition) is 5.